The molecule has 2 rings (SSSR count). The van der Waals surface area contributed by atoms with Crippen molar-refractivity contribution in [3.63, 3.8) is 0 Å². The highest BCUT2D eigenvalue weighted by atomic mass is 16.5. The van der Waals surface area contributed by atoms with Gasteiger partial charge in [-0.3, -0.25) is 4.79 Å². The second-order valence-electron chi connectivity index (χ2n) is 5.55. The van der Waals surface area contributed by atoms with Crippen LogP contribution in [0.3, 0.4) is 0 Å². The maximum absolute atomic E-state index is 12.3. The summed E-state index contributed by atoms with van der Waals surface area (Å²) in [6.07, 6.45) is 2.96. The van der Waals surface area contributed by atoms with Gasteiger partial charge in [0.25, 0.3) is 0 Å². The van der Waals surface area contributed by atoms with Gasteiger partial charge in [-0.05, 0) is 38.7 Å². The molecule has 7 nitrogen and oxygen atoms in total. The van der Waals surface area contributed by atoms with Gasteiger partial charge in [-0.2, -0.15) is 5.10 Å². The zero-order valence-corrected chi connectivity index (χ0v) is 13.9. The Morgan fingerprint density at radius 3 is 2.83 bits per heavy atom. The van der Waals surface area contributed by atoms with Gasteiger partial charge in [0, 0.05) is 6.54 Å². The van der Waals surface area contributed by atoms with Gasteiger partial charge in [-0.15, -0.1) is 0 Å². The molecule has 1 aromatic heterocycles. The largest absolute Gasteiger partial charge is 0.497 e. The zero-order chi connectivity index (χ0) is 16.8. The van der Waals surface area contributed by atoms with Crippen molar-refractivity contribution in [2.45, 2.75) is 19.0 Å². The Morgan fingerprint density at radius 1 is 1.43 bits per heavy atom. The number of ether oxygens (including phenoxy) is 1. The molecule has 0 saturated heterocycles. The van der Waals surface area contributed by atoms with E-state index in [1.807, 2.05) is 38.4 Å². The van der Waals surface area contributed by atoms with E-state index in [9.17, 15) is 4.79 Å². The van der Waals surface area contributed by atoms with Crippen LogP contribution in [0.1, 0.15) is 24.6 Å². The Labute approximate surface area is 136 Å². The molecule has 1 N–H and O–H groups in total. The summed E-state index contributed by atoms with van der Waals surface area (Å²) in [5.74, 6) is 0.710. The lowest BCUT2D eigenvalue weighted by Gasteiger charge is -2.26. The van der Waals surface area contributed by atoms with Crippen LogP contribution in [-0.4, -0.2) is 53.3 Å². The summed E-state index contributed by atoms with van der Waals surface area (Å²) in [6, 6.07) is 7.52. The Kier molecular flexibility index (Phi) is 5.70. The molecule has 0 aliphatic carbocycles. The van der Waals surface area contributed by atoms with E-state index in [-0.39, 0.29) is 11.9 Å². The zero-order valence-electron chi connectivity index (χ0n) is 13.9. The van der Waals surface area contributed by atoms with Crippen molar-refractivity contribution in [1.82, 2.24) is 25.0 Å². The van der Waals surface area contributed by atoms with Gasteiger partial charge in [0.05, 0.1) is 13.2 Å². The van der Waals surface area contributed by atoms with Crippen molar-refractivity contribution in [2.24, 2.45) is 0 Å². The summed E-state index contributed by atoms with van der Waals surface area (Å²) in [5, 5.41) is 6.98. The smallest absolute Gasteiger partial charge is 0.244 e. The topological polar surface area (TPSA) is 72.3 Å². The molecule has 0 fully saturated rings. The SMILES string of the molecule is COc1cccc([C@H](CNC(=O)[C@H](C)n2cncn2)N(C)C)c1. The van der Waals surface area contributed by atoms with Crippen LogP contribution >= 0.6 is 0 Å². The number of carbonyl (C=O) groups is 1. The molecule has 0 radical (unpaired) electrons. The highest BCUT2D eigenvalue weighted by Gasteiger charge is 2.19. The summed E-state index contributed by atoms with van der Waals surface area (Å²) in [7, 11) is 5.61. The van der Waals surface area contributed by atoms with Gasteiger partial charge < -0.3 is 15.0 Å². The van der Waals surface area contributed by atoms with Crippen molar-refractivity contribution >= 4 is 5.91 Å². The molecule has 124 valence electrons. The van der Waals surface area contributed by atoms with E-state index < -0.39 is 6.04 Å². The highest BCUT2D eigenvalue weighted by Crippen LogP contribution is 2.22. The molecule has 1 aromatic carbocycles. The van der Waals surface area contributed by atoms with Gasteiger partial charge in [0.15, 0.2) is 0 Å². The Bertz CT molecular complexity index is 627. The fourth-order valence-corrected chi connectivity index (χ4v) is 2.33. The van der Waals surface area contributed by atoms with E-state index in [0.717, 1.165) is 11.3 Å². The molecule has 0 spiro atoms. The lowest BCUT2D eigenvalue weighted by Crippen LogP contribution is -2.37. The van der Waals surface area contributed by atoms with Crippen LogP contribution in [0.25, 0.3) is 0 Å². The van der Waals surface area contributed by atoms with E-state index in [4.69, 9.17) is 4.74 Å². The summed E-state index contributed by atoms with van der Waals surface area (Å²) < 4.78 is 6.81. The maximum atomic E-state index is 12.3. The first kappa shape index (κ1) is 17.0. The number of hydrogen-bond donors (Lipinski definition) is 1. The number of nitrogens with zero attached hydrogens (tertiary/aromatic N) is 4. The number of aromatic nitrogens is 3. The number of likely N-dealkylation sites (N-methyl/N-ethyl adjacent to an activating group) is 1. The molecule has 0 aliphatic heterocycles. The van der Waals surface area contributed by atoms with Gasteiger partial charge in [0.1, 0.15) is 24.4 Å². The fourth-order valence-electron chi connectivity index (χ4n) is 2.33. The first-order valence-electron chi connectivity index (χ1n) is 7.45. The average molecular weight is 317 g/mol. The molecular formula is C16H23N5O2. The summed E-state index contributed by atoms with van der Waals surface area (Å²) in [4.78, 5) is 18.2. The van der Waals surface area contributed by atoms with Gasteiger partial charge in [-0.25, -0.2) is 9.67 Å². The number of hydrogen-bond acceptors (Lipinski definition) is 5. The lowest BCUT2D eigenvalue weighted by molar-refractivity contribution is -0.124. The predicted octanol–water partition coefficient (Wildman–Crippen LogP) is 1.27. The Morgan fingerprint density at radius 2 is 2.22 bits per heavy atom. The molecule has 23 heavy (non-hydrogen) atoms. The molecule has 0 unspecified atom stereocenters. The molecule has 2 aromatic rings. The quantitative estimate of drug-likeness (QED) is 0.832. The number of methoxy groups -OCH3 is 1. The van der Waals surface area contributed by atoms with Crippen LogP contribution in [0.4, 0.5) is 0 Å². The van der Waals surface area contributed by atoms with E-state index in [0.29, 0.717) is 6.54 Å². The molecular weight excluding hydrogens is 294 g/mol. The monoisotopic (exact) mass is 317 g/mol. The molecule has 1 amide bonds. The minimum atomic E-state index is -0.398. The van der Waals surface area contributed by atoms with E-state index in [1.54, 1.807) is 14.0 Å². The van der Waals surface area contributed by atoms with Crippen LogP contribution in [0.5, 0.6) is 5.75 Å². The van der Waals surface area contributed by atoms with Crippen molar-refractivity contribution in [3.05, 3.63) is 42.5 Å². The first-order chi connectivity index (χ1) is 11.0. The fraction of sp³-hybridized carbons (Fsp3) is 0.438. The molecule has 0 saturated carbocycles. The minimum Gasteiger partial charge on any atom is -0.497 e. The first-order valence-corrected chi connectivity index (χ1v) is 7.45. The van der Waals surface area contributed by atoms with E-state index in [1.165, 1.54) is 17.3 Å². The Balaban J connectivity index is 2.03. The normalized spacial score (nSPS) is 13.6. The molecule has 0 bridgehead atoms. The van der Waals surface area contributed by atoms with Crippen molar-refractivity contribution in [1.29, 1.82) is 0 Å². The third-order valence-electron chi connectivity index (χ3n) is 3.78. The Hall–Kier alpha value is -2.41. The summed E-state index contributed by atoms with van der Waals surface area (Å²) >= 11 is 0. The second-order valence-corrected chi connectivity index (χ2v) is 5.55. The van der Waals surface area contributed by atoms with Gasteiger partial charge >= 0.3 is 0 Å². The standard InChI is InChI=1S/C16H23N5O2/c1-12(21-11-17-10-19-21)16(22)18-9-15(20(2)3)13-6-5-7-14(8-13)23-4/h5-8,10-12,15H,9H2,1-4H3,(H,18,22)/t12-,15-/m0/s1. The van der Waals surface area contributed by atoms with Crippen LogP contribution in [0.2, 0.25) is 0 Å². The maximum Gasteiger partial charge on any atom is 0.244 e. The van der Waals surface area contributed by atoms with Crippen LogP contribution in [0.15, 0.2) is 36.9 Å². The van der Waals surface area contributed by atoms with Gasteiger partial charge in [0.2, 0.25) is 5.91 Å². The molecule has 2 atom stereocenters. The van der Waals surface area contributed by atoms with Crippen molar-refractivity contribution in [2.75, 3.05) is 27.7 Å². The average Bonchev–Trinajstić information content (AvgIpc) is 3.08. The van der Waals surface area contributed by atoms with Gasteiger partial charge in [-0.1, -0.05) is 12.1 Å². The molecule has 7 heteroatoms. The van der Waals surface area contributed by atoms with Crippen LogP contribution in [0, 0.1) is 0 Å². The predicted molar refractivity (Wildman–Crippen MR) is 87.2 cm³/mol. The van der Waals surface area contributed by atoms with E-state index >= 15 is 0 Å². The highest BCUT2D eigenvalue weighted by molar-refractivity contribution is 5.79. The van der Waals surface area contributed by atoms with Crippen LogP contribution < -0.4 is 10.1 Å². The van der Waals surface area contributed by atoms with E-state index in [2.05, 4.69) is 20.3 Å². The molecule has 1 heterocycles. The number of amides is 1. The third kappa shape index (κ3) is 4.29. The summed E-state index contributed by atoms with van der Waals surface area (Å²) in [6.45, 7) is 2.29. The number of carbonyl (C=O) groups excluding carboxylic acids is 1. The molecule has 0 aliphatic rings. The summed E-state index contributed by atoms with van der Waals surface area (Å²) in [5.41, 5.74) is 1.09. The second kappa shape index (κ2) is 7.73. The lowest BCUT2D eigenvalue weighted by atomic mass is 10.1. The van der Waals surface area contributed by atoms with Crippen LogP contribution in [-0.2, 0) is 4.79 Å². The third-order valence-corrected chi connectivity index (χ3v) is 3.78. The minimum absolute atomic E-state index is 0.0528. The number of benzene rings is 1. The van der Waals surface area contributed by atoms with Crippen molar-refractivity contribution in [3.8, 4) is 5.75 Å². The number of rotatable bonds is 7. The number of nitrogens with one attached hydrogen (secondary N) is 1. The van der Waals surface area contributed by atoms with Crippen molar-refractivity contribution < 1.29 is 9.53 Å².